The maximum absolute atomic E-state index is 12.0. The zero-order valence-corrected chi connectivity index (χ0v) is 13.1. The fraction of sp³-hybridized carbons (Fsp3) is 0.938. The molecule has 120 valence electrons. The lowest BCUT2D eigenvalue weighted by Crippen LogP contribution is -2.55. The summed E-state index contributed by atoms with van der Waals surface area (Å²) in [5.74, 6) is 0.144. The van der Waals surface area contributed by atoms with Gasteiger partial charge in [0.1, 0.15) is 0 Å². The predicted octanol–water partition coefficient (Wildman–Crippen LogP) is 0.887. The molecule has 0 saturated carbocycles. The Hall–Kier alpha value is -0.650. The first-order valence-electron chi connectivity index (χ1n) is 8.55. The van der Waals surface area contributed by atoms with Gasteiger partial charge >= 0.3 is 0 Å². The Labute approximate surface area is 127 Å². The molecule has 0 aromatic carbocycles. The van der Waals surface area contributed by atoms with E-state index in [2.05, 4.69) is 22.6 Å². The fourth-order valence-electron chi connectivity index (χ4n) is 4.14. The van der Waals surface area contributed by atoms with Gasteiger partial charge < -0.3 is 20.3 Å². The van der Waals surface area contributed by atoms with Crippen LogP contribution in [0.5, 0.6) is 0 Å². The molecular weight excluding hydrogens is 266 g/mol. The first-order chi connectivity index (χ1) is 10.2. The Kier molecular flexibility index (Phi) is 5.14. The van der Waals surface area contributed by atoms with Gasteiger partial charge in [0.15, 0.2) is 0 Å². The predicted molar refractivity (Wildman–Crippen MR) is 82.2 cm³/mol. The molecule has 3 saturated heterocycles. The molecule has 0 radical (unpaired) electrons. The zero-order chi connectivity index (χ0) is 14.7. The van der Waals surface area contributed by atoms with Gasteiger partial charge in [-0.25, -0.2) is 0 Å². The van der Waals surface area contributed by atoms with Crippen molar-refractivity contribution in [3.05, 3.63) is 0 Å². The van der Waals surface area contributed by atoms with Gasteiger partial charge in [-0.15, -0.1) is 0 Å². The van der Waals surface area contributed by atoms with Crippen molar-refractivity contribution >= 4 is 5.91 Å². The van der Waals surface area contributed by atoms with Gasteiger partial charge in [0, 0.05) is 37.4 Å². The van der Waals surface area contributed by atoms with Gasteiger partial charge in [0.2, 0.25) is 5.91 Å². The van der Waals surface area contributed by atoms with Crippen molar-refractivity contribution in [2.24, 2.45) is 0 Å². The van der Waals surface area contributed by atoms with E-state index in [-0.39, 0.29) is 5.91 Å². The third-order valence-electron chi connectivity index (χ3n) is 5.48. The number of carbonyl (C=O) groups is 1. The van der Waals surface area contributed by atoms with Crippen molar-refractivity contribution < 1.29 is 9.53 Å². The summed E-state index contributed by atoms with van der Waals surface area (Å²) >= 11 is 0. The summed E-state index contributed by atoms with van der Waals surface area (Å²) < 4.78 is 5.32. The molecule has 21 heavy (non-hydrogen) atoms. The largest absolute Gasteiger partial charge is 0.381 e. The van der Waals surface area contributed by atoms with Gasteiger partial charge in [-0.3, -0.25) is 4.79 Å². The molecule has 0 aliphatic carbocycles. The summed E-state index contributed by atoms with van der Waals surface area (Å²) in [5, 5.41) is 6.62. The van der Waals surface area contributed by atoms with E-state index in [0.717, 1.165) is 26.1 Å². The van der Waals surface area contributed by atoms with Gasteiger partial charge in [-0.05, 0) is 45.6 Å². The van der Waals surface area contributed by atoms with Crippen molar-refractivity contribution in [2.45, 2.75) is 69.1 Å². The van der Waals surface area contributed by atoms with Crippen molar-refractivity contribution in [1.82, 2.24) is 15.5 Å². The topological polar surface area (TPSA) is 53.6 Å². The first-order valence-corrected chi connectivity index (χ1v) is 8.55. The molecule has 3 aliphatic rings. The highest BCUT2D eigenvalue weighted by atomic mass is 16.5. The Morgan fingerprint density at radius 1 is 1.10 bits per heavy atom. The average molecular weight is 295 g/mol. The van der Waals surface area contributed by atoms with Crippen LogP contribution in [-0.2, 0) is 9.53 Å². The Bertz CT molecular complexity index is 343. The quantitative estimate of drug-likeness (QED) is 0.809. The molecular formula is C16H29N3O2. The van der Waals surface area contributed by atoms with Crippen LogP contribution in [0.1, 0.15) is 44.9 Å². The minimum absolute atomic E-state index is 0.144. The lowest BCUT2D eigenvalue weighted by atomic mass is 9.82. The summed E-state index contributed by atoms with van der Waals surface area (Å²) in [7, 11) is 2.27. The van der Waals surface area contributed by atoms with Crippen LogP contribution in [0.2, 0.25) is 0 Å². The molecule has 2 bridgehead atoms. The number of nitrogens with one attached hydrogen (secondary N) is 2. The minimum atomic E-state index is 0.144. The van der Waals surface area contributed by atoms with Crippen LogP contribution in [0.15, 0.2) is 0 Å². The molecule has 5 nitrogen and oxygen atoms in total. The van der Waals surface area contributed by atoms with Gasteiger partial charge in [0.05, 0.1) is 6.54 Å². The molecule has 3 heterocycles. The maximum atomic E-state index is 12.0. The van der Waals surface area contributed by atoms with Gasteiger partial charge in [0.25, 0.3) is 0 Å². The second kappa shape index (κ2) is 7.07. The molecule has 2 atom stereocenters. The third-order valence-corrected chi connectivity index (χ3v) is 5.48. The van der Waals surface area contributed by atoms with Gasteiger partial charge in [-0.1, -0.05) is 6.42 Å². The average Bonchev–Trinajstić information content (AvgIpc) is 2.46. The molecule has 1 amide bonds. The molecule has 2 N–H and O–H groups in total. The van der Waals surface area contributed by atoms with Crippen molar-refractivity contribution in [1.29, 1.82) is 0 Å². The van der Waals surface area contributed by atoms with E-state index in [1.165, 1.54) is 32.1 Å². The Balaban J connectivity index is 1.39. The van der Waals surface area contributed by atoms with Crippen molar-refractivity contribution in [3.63, 3.8) is 0 Å². The van der Waals surface area contributed by atoms with Crippen molar-refractivity contribution in [3.8, 4) is 0 Å². The van der Waals surface area contributed by atoms with E-state index in [4.69, 9.17) is 4.74 Å². The number of carbonyl (C=O) groups excluding carboxylic acids is 1. The number of piperidine rings is 2. The summed E-state index contributed by atoms with van der Waals surface area (Å²) in [6.07, 6.45) is 8.29. The van der Waals surface area contributed by atoms with Crippen LogP contribution in [0.25, 0.3) is 0 Å². The van der Waals surface area contributed by atoms with Crippen molar-refractivity contribution in [2.75, 3.05) is 26.8 Å². The zero-order valence-electron chi connectivity index (χ0n) is 13.1. The lowest BCUT2D eigenvalue weighted by Gasteiger charge is -2.47. The summed E-state index contributed by atoms with van der Waals surface area (Å²) in [5.41, 5.74) is 0. The second-order valence-corrected chi connectivity index (χ2v) is 6.91. The smallest absolute Gasteiger partial charge is 0.234 e. The highest BCUT2D eigenvalue weighted by molar-refractivity contribution is 5.78. The Morgan fingerprint density at radius 3 is 2.43 bits per heavy atom. The molecule has 0 aromatic heterocycles. The van der Waals surface area contributed by atoms with Crippen LogP contribution in [0.3, 0.4) is 0 Å². The van der Waals surface area contributed by atoms with Crippen LogP contribution < -0.4 is 10.6 Å². The molecule has 0 aromatic rings. The van der Waals surface area contributed by atoms with Crippen LogP contribution in [-0.4, -0.2) is 61.8 Å². The highest BCUT2D eigenvalue weighted by Gasteiger charge is 2.35. The fourth-order valence-corrected chi connectivity index (χ4v) is 4.14. The van der Waals surface area contributed by atoms with Crippen LogP contribution >= 0.6 is 0 Å². The molecule has 3 fully saturated rings. The van der Waals surface area contributed by atoms with Gasteiger partial charge in [-0.2, -0.15) is 0 Å². The monoisotopic (exact) mass is 295 g/mol. The minimum Gasteiger partial charge on any atom is -0.381 e. The van der Waals surface area contributed by atoms with E-state index >= 15 is 0 Å². The van der Waals surface area contributed by atoms with E-state index in [9.17, 15) is 4.79 Å². The molecule has 0 spiro atoms. The van der Waals surface area contributed by atoms with E-state index in [1.54, 1.807) is 0 Å². The number of ether oxygens (including phenoxy) is 1. The first kappa shape index (κ1) is 15.3. The van der Waals surface area contributed by atoms with Crippen LogP contribution in [0.4, 0.5) is 0 Å². The number of nitrogens with zero attached hydrogens (tertiary/aromatic N) is 1. The molecule has 5 heteroatoms. The summed E-state index contributed by atoms with van der Waals surface area (Å²) in [6, 6.07) is 2.25. The number of fused-ring (bicyclic) bond motifs is 2. The second-order valence-electron chi connectivity index (χ2n) is 6.91. The SMILES string of the molecule is CN1C2CCCC1CC(NCC(=O)NC1CCOCC1)C2. The molecule has 3 rings (SSSR count). The Morgan fingerprint density at radius 2 is 1.76 bits per heavy atom. The van der Waals surface area contributed by atoms with E-state index < -0.39 is 0 Å². The number of rotatable bonds is 4. The molecule has 3 aliphatic heterocycles. The standard InChI is InChI=1S/C16H29N3O2/c1-19-14-3-2-4-15(19)10-13(9-14)17-11-16(20)18-12-5-7-21-8-6-12/h12-15,17H,2-11H2,1H3,(H,18,20). The number of hydrogen-bond donors (Lipinski definition) is 2. The van der Waals surface area contributed by atoms with E-state index in [0.29, 0.717) is 30.7 Å². The number of amides is 1. The third kappa shape index (κ3) is 3.96. The number of hydrogen-bond acceptors (Lipinski definition) is 4. The maximum Gasteiger partial charge on any atom is 0.234 e. The molecule has 2 unspecified atom stereocenters. The summed E-state index contributed by atoms with van der Waals surface area (Å²) in [4.78, 5) is 14.6. The summed E-state index contributed by atoms with van der Waals surface area (Å²) in [6.45, 7) is 2.01. The highest BCUT2D eigenvalue weighted by Crippen LogP contribution is 2.32. The van der Waals surface area contributed by atoms with Crippen LogP contribution in [0, 0.1) is 0 Å². The lowest BCUT2D eigenvalue weighted by molar-refractivity contribution is -0.121. The van der Waals surface area contributed by atoms with E-state index in [1.807, 2.05) is 0 Å². The normalized spacial score (nSPS) is 34.6.